The van der Waals surface area contributed by atoms with Gasteiger partial charge in [0.25, 0.3) is 0 Å². The van der Waals surface area contributed by atoms with Gasteiger partial charge in [0.05, 0.1) is 17.1 Å². The van der Waals surface area contributed by atoms with E-state index in [-0.39, 0.29) is 24.1 Å². The SMILES string of the molecule is Cc1nnc(SCC(=O)Nc2cccn3cc(-c4ccccc4)nc23)s1.Cl. The average molecular weight is 418 g/mol. The van der Waals surface area contributed by atoms with E-state index in [0.29, 0.717) is 5.69 Å². The number of carbonyl (C=O) groups is 1. The molecule has 6 nitrogen and oxygen atoms in total. The van der Waals surface area contributed by atoms with Crippen LogP contribution < -0.4 is 5.32 Å². The van der Waals surface area contributed by atoms with Crippen molar-refractivity contribution >= 4 is 52.7 Å². The predicted octanol–water partition coefficient (Wildman–Crippen LogP) is 4.31. The van der Waals surface area contributed by atoms with Crippen molar-refractivity contribution in [2.45, 2.75) is 11.3 Å². The van der Waals surface area contributed by atoms with Gasteiger partial charge in [0.1, 0.15) is 5.01 Å². The van der Waals surface area contributed by atoms with Crippen molar-refractivity contribution < 1.29 is 4.79 Å². The average Bonchev–Trinajstić information content (AvgIpc) is 3.27. The highest BCUT2D eigenvalue weighted by atomic mass is 35.5. The summed E-state index contributed by atoms with van der Waals surface area (Å²) in [5, 5.41) is 11.8. The second-order valence-corrected chi connectivity index (χ2v) is 7.97. The minimum atomic E-state index is -0.0970. The van der Waals surface area contributed by atoms with Crippen molar-refractivity contribution in [1.29, 1.82) is 0 Å². The van der Waals surface area contributed by atoms with Crippen molar-refractivity contribution in [3.8, 4) is 11.3 Å². The van der Waals surface area contributed by atoms with Gasteiger partial charge < -0.3 is 9.72 Å². The van der Waals surface area contributed by atoms with E-state index in [1.54, 1.807) is 0 Å². The summed E-state index contributed by atoms with van der Waals surface area (Å²) >= 11 is 2.87. The molecule has 3 aromatic heterocycles. The van der Waals surface area contributed by atoms with Crippen LogP contribution in [0.25, 0.3) is 16.9 Å². The van der Waals surface area contributed by atoms with Gasteiger partial charge in [0.2, 0.25) is 5.91 Å². The van der Waals surface area contributed by atoms with E-state index in [4.69, 9.17) is 0 Å². The molecule has 138 valence electrons. The molecule has 9 heteroatoms. The van der Waals surface area contributed by atoms with Gasteiger partial charge in [-0.1, -0.05) is 53.4 Å². The van der Waals surface area contributed by atoms with Crippen molar-refractivity contribution in [1.82, 2.24) is 19.6 Å². The van der Waals surface area contributed by atoms with Gasteiger partial charge in [-0.3, -0.25) is 4.79 Å². The first-order valence-electron chi connectivity index (χ1n) is 7.95. The fourth-order valence-electron chi connectivity index (χ4n) is 2.51. The van der Waals surface area contributed by atoms with Crippen LogP contribution in [0.15, 0.2) is 59.2 Å². The van der Waals surface area contributed by atoms with Crippen LogP contribution in [0.4, 0.5) is 5.69 Å². The van der Waals surface area contributed by atoms with Gasteiger partial charge in [-0.15, -0.1) is 22.6 Å². The maximum Gasteiger partial charge on any atom is 0.234 e. The van der Waals surface area contributed by atoms with Gasteiger partial charge in [-0.25, -0.2) is 4.98 Å². The molecule has 4 rings (SSSR count). The number of aromatic nitrogens is 4. The van der Waals surface area contributed by atoms with Crippen LogP contribution in [-0.4, -0.2) is 31.2 Å². The number of carbonyl (C=O) groups excluding carboxylic acids is 1. The Bertz CT molecular complexity index is 1060. The number of hydrogen-bond donors (Lipinski definition) is 1. The number of amides is 1. The van der Waals surface area contributed by atoms with Crippen LogP contribution in [0.2, 0.25) is 0 Å². The van der Waals surface area contributed by atoms with E-state index in [1.165, 1.54) is 23.1 Å². The largest absolute Gasteiger partial charge is 0.322 e. The maximum absolute atomic E-state index is 12.3. The first kappa shape index (κ1) is 19.3. The van der Waals surface area contributed by atoms with Crippen LogP contribution in [0.5, 0.6) is 0 Å². The van der Waals surface area contributed by atoms with Gasteiger partial charge >= 0.3 is 0 Å². The Morgan fingerprint density at radius 2 is 2.00 bits per heavy atom. The Balaban J connectivity index is 0.00000210. The number of benzene rings is 1. The Morgan fingerprint density at radius 1 is 1.19 bits per heavy atom. The summed E-state index contributed by atoms with van der Waals surface area (Å²) in [6.07, 6.45) is 3.88. The number of halogens is 1. The molecule has 0 atom stereocenters. The summed E-state index contributed by atoms with van der Waals surface area (Å²) in [6, 6.07) is 13.7. The zero-order chi connectivity index (χ0) is 17.9. The maximum atomic E-state index is 12.3. The Labute approximate surface area is 170 Å². The monoisotopic (exact) mass is 417 g/mol. The molecule has 4 aromatic rings. The number of rotatable bonds is 5. The Morgan fingerprint density at radius 3 is 2.74 bits per heavy atom. The van der Waals surface area contributed by atoms with Crippen LogP contribution >= 0.6 is 35.5 Å². The molecule has 0 saturated heterocycles. The van der Waals surface area contributed by atoms with Crippen molar-refractivity contribution in [3.63, 3.8) is 0 Å². The van der Waals surface area contributed by atoms with Crippen LogP contribution in [-0.2, 0) is 4.79 Å². The van der Waals surface area contributed by atoms with Crippen molar-refractivity contribution in [2.75, 3.05) is 11.1 Å². The number of fused-ring (bicyclic) bond motifs is 1. The van der Waals surface area contributed by atoms with Gasteiger partial charge in [-0.05, 0) is 19.1 Å². The van der Waals surface area contributed by atoms with Crippen LogP contribution in [0.3, 0.4) is 0 Å². The smallest absolute Gasteiger partial charge is 0.234 e. The molecule has 0 aliphatic heterocycles. The predicted molar refractivity (Wildman–Crippen MR) is 112 cm³/mol. The molecule has 0 aliphatic carbocycles. The van der Waals surface area contributed by atoms with E-state index >= 15 is 0 Å². The van der Waals surface area contributed by atoms with Crippen molar-refractivity contribution in [3.05, 3.63) is 59.9 Å². The molecule has 0 spiro atoms. The molecular formula is C18H16ClN5OS2. The third-order valence-electron chi connectivity index (χ3n) is 3.66. The molecule has 1 amide bonds. The number of anilines is 1. The summed E-state index contributed by atoms with van der Waals surface area (Å²) in [6.45, 7) is 1.89. The minimum Gasteiger partial charge on any atom is -0.322 e. The quantitative estimate of drug-likeness (QED) is 0.490. The van der Waals surface area contributed by atoms with Gasteiger partial charge in [0, 0.05) is 18.0 Å². The van der Waals surface area contributed by atoms with Crippen LogP contribution in [0.1, 0.15) is 5.01 Å². The van der Waals surface area contributed by atoms with Gasteiger partial charge in [-0.2, -0.15) is 0 Å². The fourth-order valence-corrected chi connectivity index (χ4v) is 4.12. The number of imidazole rings is 1. The third kappa shape index (κ3) is 4.47. The summed E-state index contributed by atoms with van der Waals surface area (Å²) in [5.74, 6) is 0.183. The molecule has 0 bridgehead atoms. The molecule has 1 aromatic carbocycles. The normalized spacial score (nSPS) is 10.6. The van der Waals surface area contributed by atoms with Crippen molar-refractivity contribution in [2.24, 2.45) is 0 Å². The molecule has 0 fully saturated rings. The molecular weight excluding hydrogens is 402 g/mol. The number of aryl methyl sites for hydroxylation is 1. The zero-order valence-corrected chi connectivity index (χ0v) is 16.8. The van der Waals surface area contributed by atoms with E-state index in [9.17, 15) is 4.79 Å². The Kier molecular flexibility index (Phi) is 6.10. The molecule has 0 aliphatic rings. The van der Waals surface area contributed by atoms with E-state index in [2.05, 4.69) is 20.5 Å². The molecule has 1 N–H and O–H groups in total. The molecule has 0 radical (unpaired) electrons. The minimum absolute atomic E-state index is 0. The molecule has 0 saturated carbocycles. The highest BCUT2D eigenvalue weighted by molar-refractivity contribution is 8.01. The summed E-state index contributed by atoms with van der Waals surface area (Å²) in [5.41, 5.74) is 3.31. The number of nitrogens with zero attached hydrogens (tertiary/aromatic N) is 4. The third-order valence-corrected chi connectivity index (χ3v) is 5.63. The number of pyridine rings is 1. The van der Waals surface area contributed by atoms with Crippen LogP contribution in [0, 0.1) is 6.92 Å². The second kappa shape index (κ2) is 8.51. The lowest BCUT2D eigenvalue weighted by Crippen LogP contribution is -2.14. The number of thioether (sulfide) groups is 1. The van der Waals surface area contributed by atoms with E-state index in [1.807, 2.05) is 66.2 Å². The standard InChI is InChI=1S/C18H15N5OS2.ClH/c1-12-21-22-18(26-12)25-11-16(24)19-14-8-5-9-23-10-15(20-17(14)23)13-6-3-2-4-7-13;/h2-10H,11H2,1H3,(H,19,24);1H. The number of nitrogens with one attached hydrogen (secondary N) is 1. The molecule has 27 heavy (non-hydrogen) atoms. The highest BCUT2D eigenvalue weighted by Gasteiger charge is 2.11. The van der Waals surface area contributed by atoms with Gasteiger partial charge in [0.15, 0.2) is 9.99 Å². The topological polar surface area (TPSA) is 72.2 Å². The van der Waals surface area contributed by atoms with E-state index in [0.717, 1.165) is 26.3 Å². The lowest BCUT2D eigenvalue weighted by molar-refractivity contribution is -0.113. The molecule has 0 unspecified atom stereocenters. The first-order chi connectivity index (χ1) is 12.7. The summed E-state index contributed by atoms with van der Waals surface area (Å²) < 4.78 is 2.71. The summed E-state index contributed by atoms with van der Waals surface area (Å²) in [4.78, 5) is 17.0. The zero-order valence-electron chi connectivity index (χ0n) is 14.3. The Hall–Kier alpha value is -2.42. The number of hydrogen-bond acceptors (Lipinski definition) is 6. The first-order valence-corrected chi connectivity index (χ1v) is 9.75. The second-order valence-electron chi connectivity index (χ2n) is 5.57. The summed E-state index contributed by atoms with van der Waals surface area (Å²) in [7, 11) is 0. The van der Waals surface area contributed by atoms with E-state index < -0.39 is 0 Å². The fraction of sp³-hybridized carbons (Fsp3) is 0.111. The lowest BCUT2D eigenvalue weighted by Gasteiger charge is -2.05. The molecule has 3 heterocycles. The highest BCUT2D eigenvalue weighted by Crippen LogP contribution is 2.24. The lowest BCUT2D eigenvalue weighted by atomic mass is 10.2.